The van der Waals surface area contributed by atoms with Gasteiger partial charge in [-0.05, 0) is 61.1 Å². The number of carbonyl (C=O) groups is 2. The molecule has 26 heavy (non-hydrogen) atoms. The summed E-state index contributed by atoms with van der Waals surface area (Å²) in [5.74, 6) is -0.294. The Kier molecular flexibility index (Phi) is 4.20. The van der Waals surface area contributed by atoms with Crippen molar-refractivity contribution in [1.82, 2.24) is 15.4 Å². The van der Waals surface area contributed by atoms with Crippen LogP contribution >= 0.6 is 0 Å². The third-order valence-electron chi connectivity index (χ3n) is 5.65. The maximum Gasteiger partial charge on any atom is 0.274 e. The second kappa shape index (κ2) is 6.53. The number of hydrogen-bond donors (Lipinski definition) is 2. The van der Waals surface area contributed by atoms with Crippen molar-refractivity contribution in [3.05, 3.63) is 65.0 Å². The van der Waals surface area contributed by atoms with E-state index < -0.39 is 5.91 Å². The molecule has 2 amide bonds. The average molecular weight is 351 g/mol. The second-order valence-corrected chi connectivity index (χ2v) is 7.18. The SMILES string of the molecule is O=C(NO)c1ccc2c(c1)CCC1(CCN(Cc3ccccn3)C1=O)C2. The molecule has 1 atom stereocenters. The third-order valence-corrected chi connectivity index (χ3v) is 5.65. The predicted octanol–water partition coefficient (Wildman–Crippen LogP) is 2.11. The summed E-state index contributed by atoms with van der Waals surface area (Å²) in [4.78, 5) is 31.0. The van der Waals surface area contributed by atoms with E-state index in [4.69, 9.17) is 5.21 Å². The van der Waals surface area contributed by atoms with Crippen molar-refractivity contribution in [2.75, 3.05) is 6.54 Å². The number of likely N-dealkylation sites (tertiary alicyclic amines) is 1. The monoisotopic (exact) mass is 351 g/mol. The van der Waals surface area contributed by atoms with Gasteiger partial charge in [0.2, 0.25) is 5.91 Å². The summed E-state index contributed by atoms with van der Waals surface area (Å²) >= 11 is 0. The number of rotatable bonds is 3. The molecule has 1 saturated heterocycles. The molecule has 1 aromatic carbocycles. The van der Waals surface area contributed by atoms with Crippen LogP contribution in [0.1, 0.15) is 40.0 Å². The zero-order valence-corrected chi connectivity index (χ0v) is 14.4. The number of fused-ring (bicyclic) bond motifs is 1. The van der Waals surface area contributed by atoms with Crippen LogP contribution in [0.25, 0.3) is 0 Å². The molecule has 1 spiro atoms. The highest BCUT2D eigenvalue weighted by Crippen LogP contribution is 2.44. The van der Waals surface area contributed by atoms with Crippen LogP contribution in [-0.2, 0) is 24.2 Å². The number of nitrogens with zero attached hydrogens (tertiary/aromatic N) is 2. The molecule has 1 aliphatic heterocycles. The number of pyridine rings is 1. The van der Waals surface area contributed by atoms with Crippen molar-refractivity contribution >= 4 is 11.8 Å². The van der Waals surface area contributed by atoms with Gasteiger partial charge < -0.3 is 4.90 Å². The van der Waals surface area contributed by atoms with Crippen molar-refractivity contribution < 1.29 is 14.8 Å². The number of amides is 2. The number of aromatic nitrogens is 1. The fourth-order valence-electron chi connectivity index (χ4n) is 4.19. The van der Waals surface area contributed by atoms with Crippen LogP contribution in [0.2, 0.25) is 0 Å². The fourth-order valence-corrected chi connectivity index (χ4v) is 4.19. The van der Waals surface area contributed by atoms with E-state index in [0.717, 1.165) is 42.6 Å². The molecule has 2 heterocycles. The first-order valence-corrected chi connectivity index (χ1v) is 8.87. The van der Waals surface area contributed by atoms with Gasteiger partial charge in [-0.1, -0.05) is 12.1 Å². The lowest BCUT2D eigenvalue weighted by Gasteiger charge is -2.33. The molecule has 1 aliphatic carbocycles. The lowest BCUT2D eigenvalue weighted by Crippen LogP contribution is -2.38. The molecule has 1 aromatic heterocycles. The smallest absolute Gasteiger partial charge is 0.274 e. The molecule has 134 valence electrons. The number of hydrogen-bond acceptors (Lipinski definition) is 4. The summed E-state index contributed by atoms with van der Waals surface area (Å²) in [6, 6.07) is 11.2. The number of benzene rings is 1. The summed E-state index contributed by atoms with van der Waals surface area (Å²) in [5.41, 5.74) is 4.90. The van der Waals surface area contributed by atoms with Gasteiger partial charge in [-0.15, -0.1) is 0 Å². The number of nitrogens with one attached hydrogen (secondary N) is 1. The summed E-state index contributed by atoms with van der Waals surface area (Å²) in [5, 5.41) is 8.79. The van der Waals surface area contributed by atoms with Crippen molar-refractivity contribution in [3.8, 4) is 0 Å². The highest BCUT2D eigenvalue weighted by atomic mass is 16.5. The quantitative estimate of drug-likeness (QED) is 0.655. The largest absolute Gasteiger partial charge is 0.336 e. The minimum atomic E-state index is -0.508. The molecular weight excluding hydrogens is 330 g/mol. The van der Waals surface area contributed by atoms with E-state index in [0.29, 0.717) is 18.5 Å². The van der Waals surface area contributed by atoms with Crippen molar-refractivity contribution in [2.45, 2.75) is 32.2 Å². The van der Waals surface area contributed by atoms with Gasteiger partial charge in [-0.2, -0.15) is 0 Å². The molecule has 4 rings (SSSR count). The molecule has 6 nitrogen and oxygen atoms in total. The summed E-state index contributed by atoms with van der Waals surface area (Å²) < 4.78 is 0. The van der Waals surface area contributed by atoms with Gasteiger partial charge in [0.15, 0.2) is 0 Å². The Balaban J connectivity index is 1.52. The zero-order chi connectivity index (χ0) is 18.1. The van der Waals surface area contributed by atoms with Gasteiger partial charge in [-0.3, -0.25) is 19.8 Å². The van der Waals surface area contributed by atoms with E-state index in [1.807, 2.05) is 35.2 Å². The first-order chi connectivity index (χ1) is 12.6. The number of aryl methyl sites for hydroxylation is 1. The Morgan fingerprint density at radius 3 is 2.88 bits per heavy atom. The maximum atomic E-state index is 13.1. The topological polar surface area (TPSA) is 82.5 Å². The molecule has 1 fully saturated rings. The molecule has 2 aromatic rings. The first kappa shape index (κ1) is 16.7. The van der Waals surface area contributed by atoms with Crippen LogP contribution in [0.15, 0.2) is 42.6 Å². The van der Waals surface area contributed by atoms with Crippen molar-refractivity contribution in [3.63, 3.8) is 0 Å². The van der Waals surface area contributed by atoms with Crippen molar-refractivity contribution in [1.29, 1.82) is 0 Å². The van der Waals surface area contributed by atoms with Crippen LogP contribution in [-0.4, -0.2) is 33.5 Å². The van der Waals surface area contributed by atoms with E-state index in [1.54, 1.807) is 17.7 Å². The molecule has 0 saturated carbocycles. The second-order valence-electron chi connectivity index (χ2n) is 7.18. The molecule has 0 bridgehead atoms. The van der Waals surface area contributed by atoms with Gasteiger partial charge in [0.25, 0.3) is 5.91 Å². The first-order valence-electron chi connectivity index (χ1n) is 8.87. The summed E-state index contributed by atoms with van der Waals surface area (Å²) in [6.45, 7) is 1.32. The Labute approximate surface area is 151 Å². The molecule has 2 N–H and O–H groups in total. The van der Waals surface area contributed by atoms with E-state index in [2.05, 4.69) is 4.98 Å². The molecule has 2 aliphatic rings. The number of hydroxylamine groups is 1. The molecule has 0 radical (unpaired) electrons. The van der Waals surface area contributed by atoms with Crippen LogP contribution in [0.5, 0.6) is 0 Å². The van der Waals surface area contributed by atoms with Crippen LogP contribution in [0.4, 0.5) is 0 Å². The van der Waals surface area contributed by atoms with Crippen LogP contribution in [0.3, 0.4) is 0 Å². The Morgan fingerprint density at radius 1 is 1.23 bits per heavy atom. The van der Waals surface area contributed by atoms with E-state index in [1.165, 1.54) is 0 Å². The Morgan fingerprint density at radius 2 is 2.12 bits per heavy atom. The predicted molar refractivity (Wildman–Crippen MR) is 94.4 cm³/mol. The maximum absolute atomic E-state index is 13.1. The normalized spacial score (nSPS) is 21.7. The number of carbonyl (C=O) groups excluding carboxylic acids is 2. The van der Waals surface area contributed by atoms with Gasteiger partial charge >= 0.3 is 0 Å². The highest BCUT2D eigenvalue weighted by Gasteiger charge is 2.48. The zero-order valence-electron chi connectivity index (χ0n) is 14.4. The molecular formula is C20H21N3O3. The Hall–Kier alpha value is -2.73. The van der Waals surface area contributed by atoms with Gasteiger partial charge in [0, 0.05) is 18.3 Å². The minimum absolute atomic E-state index is 0.214. The van der Waals surface area contributed by atoms with Crippen LogP contribution in [0, 0.1) is 5.41 Å². The van der Waals surface area contributed by atoms with Crippen LogP contribution < -0.4 is 5.48 Å². The fraction of sp³-hybridized carbons (Fsp3) is 0.350. The third kappa shape index (κ3) is 2.86. The standard InChI is InChI=1S/C20H21N3O3/c24-18(22-26)15-4-5-16-12-20(7-6-14(16)11-15)8-10-23(19(20)25)13-17-3-1-2-9-21-17/h1-5,9,11,26H,6-8,10,12-13H2,(H,22,24). The highest BCUT2D eigenvalue weighted by molar-refractivity contribution is 5.93. The molecule has 1 unspecified atom stereocenters. The average Bonchev–Trinajstić information content (AvgIpc) is 2.97. The summed E-state index contributed by atoms with van der Waals surface area (Å²) in [7, 11) is 0. The van der Waals surface area contributed by atoms with Crippen molar-refractivity contribution in [2.24, 2.45) is 5.41 Å². The van der Waals surface area contributed by atoms with E-state index >= 15 is 0 Å². The van der Waals surface area contributed by atoms with Gasteiger partial charge in [-0.25, -0.2) is 5.48 Å². The van der Waals surface area contributed by atoms with Gasteiger partial charge in [0.05, 0.1) is 17.7 Å². The van der Waals surface area contributed by atoms with Gasteiger partial charge in [0.1, 0.15) is 0 Å². The lowest BCUT2D eigenvalue weighted by atomic mass is 9.70. The summed E-state index contributed by atoms with van der Waals surface area (Å²) in [6.07, 6.45) is 4.88. The lowest BCUT2D eigenvalue weighted by molar-refractivity contribution is -0.137. The minimum Gasteiger partial charge on any atom is -0.336 e. The van der Waals surface area contributed by atoms with E-state index in [9.17, 15) is 9.59 Å². The Bertz CT molecular complexity index is 853. The molecule has 6 heteroatoms. The van der Waals surface area contributed by atoms with E-state index in [-0.39, 0.29) is 11.3 Å².